The van der Waals surface area contributed by atoms with Crippen molar-refractivity contribution in [2.24, 2.45) is 0 Å². The molecule has 0 bridgehead atoms. The van der Waals surface area contributed by atoms with Crippen LogP contribution in [0.25, 0.3) is 0 Å². The van der Waals surface area contributed by atoms with Crippen LogP contribution in [0.2, 0.25) is 5.02 Å². The molecule has 3 aromatic rings. The standard InChI is InChI=1S/C17H16ClNO3S2/c1-13-16(18)5-2-6-17(13)24(20,21)19(10-14-7-8-22-12-14)11-15-4-3-9-23-15/h2-9,12H,10-11H2,1H3. The highest BCUT2D eigenvalue weighted by molar-refractivity contribution is 7.89. The van der Waals surface area contributed by atoms with Crippen molar-refractivity contribution in [3.8, 4) is 0 Å². The van der Waals surface area contributed by atoms with E-state index in [1.165, 1.54) is 21.9 Å². The Hall–Kier alpha value is -1.60. The summed E-state index contributed by atoms with van der Waals surface area (Å²) in [4.78, 5) is 1.21. The smallest absolute Gasteiger partial charge is 0.244 e. The Morgan fingerprint density at radius 3 is 2.67 bits per heavy atom. The van der Waals surface area contributed by atoms with E-state index in [0.29, 0.717) is 17.1 Å². The summed E-state index contributed by atoms with van der Waals surface area (Å²) in [6, 6.07) is 10.5. The lowest BCUT2D eigenvalue weighted by Crippen LogP contribution is -2.30. The number of halogens is 1. The topological polar surface area (TPSA) is 50.5 Å². The third kappa shape index (κ3) is 3.57. The van der Waals surface area contributed by atoms with Crippen LogP contribution in [0.3, 0.4) is 0 Å². The molecule has 2 heterocycles. The fraction of sp³-hybridized carbons (Fsp3) is 0.176. The minimum Gasteiger partial charge on any atom is -0.472 e. The van der Waals surface area contributed by atoms with Gasteiger partial charge in [0.25, 0.3) is 0 Å². The highest BCUT2D eigenvalue weighted by Gasteiger charge is 2.27. The van der Waals surface area contributed by atoms with Gasteiger partial charge in [0.2, 0.25) is 10.0 Å². The molecular formula is C17H16ClNO3S2. The van der Waals surface area contributed by atoms with Gasteiger partial charge in [-0.15, -0.1) is 11.3 Å². The normalized spacial score (nSPS) is 12.0. The molecule has 126 valence electrons. The minimum atomic E-state index is -3.69. The zero-order valence-electron chi connectivity index (χ0n) is 13.0. The molecule has 0 saturated carbocycles. The molecule has 0 atom stereocenters. The fourth-order valence-corrected chi connectivity index (χ4v) is 5.08. The van der Waals surface area contributed by atoms with Gasteiger partial charge in [0.15, 0.2) is 0 Å². The highest BCUT2D eigenvalue weighted by atomic mass is 35.5. The van der Waals surface area contributed by atoms with Crippen LogP contribution in [-0.4, -0.2) is 12.7 Å². The number of sulfonamides is 1. The van der Waals surface area contributed by atoms with Gasteiger partial charge < -0.3 is 4.42 Å². The van der Waals surface area contributed by atoms with Crippen molar-refractivity contribution in [2.45, 2.75) is 24.9 Å². The number of thiophene rings is 1. The number of nitrogens with zero attached hydrogens (tertiary/aromatic N) is 1. The van der Waals surface area contributed by atoms with Crippen LogP contribution in [0.1, 0.15) is 16.0 Å². The maximum absolute atomic E-state index is 13.2. The lowest BCUT2D eigenvalue weighted by atomic mass is 10.2. The maximum atomic E-state index is 13.2. The molecule has 7 heteroatoms. The van der Waals surface area contributed by atoms with Gasteiger partial charge in [-0.3, -0.25) is 0 Å². The molecule has 3 rings (SSSR count). The summed E-state index contributed by atoms with van der Waals surface area (Å²) in [7, 11) is -3.69. The summed E-state index contributed by atoms with van der Waals surface area (Å²) >= 11 is 7.64. The molecule has 0 saturated heterocycles. The largest absolute Gasteiger partial charge is 0.472 e. The van der Waals surface area contributed by atoms with E-state index in [2.05, 4.69) is 0 Å². The molecule has 0 N–H and O–H groups in total. The lowest BCUT2D eigenvalue weighted by molar-refractivity contribution is 0.401. The highest BCUT2D eigenvalue weighted by Crippen LogP contribution is 2.28. The summed E-state index contributed by atoms with van der Waals surface area (Å²) in [6.45, 7) is 2.26. The van der Waals surface area contributed by atoms with Gasteiger partial charge >= 0.3 is 0 Å². The van der Waals surface area contributed by atoms with Crippen molar-refractivity contribution in [2.75, 3.05) is 0 Å². The van der Waals surface area contributed by atoms with Crippen molar-refractivity contribution < 1.29 is 12.8 Å². The van der Waals surface area contributed by atoms with E-state index in [1.807, 2.05) is 17.5 Å². The van der Waals surface area contributed by atoms with Crippen LogP contribution < -0.4 is 0 Å². The molecule has 0 aliphatic rings. The van der Waals surface area contributed by atoms with Gasteiger partial charge in [-0.05, 0) is 42.1 Å². The first-order valence-corrected chi connectivity index (χ1v) is 9.97. The first-order valence-electron chi connectivity index (χ1n) is 7.27. The quantitative estimate of drug-likeness (QED) is 0.622. The number of furan rings is 1. The number of rotatable bonds is 6. The van der Waals surface area contributed by atoms with Crippen molar-refractivity contribution in [1.29, 1.82) is 0 Å². The Morgan fingerprint density at radius 2 is 2.00 bits per heavy atom. The Labute approximate surface area is 150 Å². The van der Waals surface area contributed by atoms with Gasteiger partial charge in [-0.2, -0.15) is 4.31 Å². The monoisotopic (exact) mass is 381 g/mol. The van der Waals surface area contributed by atoms with E-state index in [9.17, 15) is 8.42 Å². The van der Waals surface area contributed by atoms with Crippen LogP contribution in [-0.2, 0) is 23.1 Å². The number of hydrogen-bond donors (Lipinski definition) is 0. The molecule has 4 nitrogen and oxygen atoms in total. The third-order valence-electron chi connectivity index (χ3n) is 3.69. The van der Waals surface area contributed by atoms with E-state index in [1.54, 1.807) is 37.5 Å². The van der Waals surface area contributed by atoms with E-state index in [4.69, 9.17) is 16.0 Å². The Kier molecular flexibility index (Phi) is 5.10. The second kappa shape index (κ2) is 7.11. The van der Waals surface area contributed by atoms with E-state index in [0.717, 1.165) is 10.4 Å². The molecule has 0 fully saturated rings. The molecule has 0 unspecified atom stereocenters. The van der Waals surface area contributed by atoms with Crippen LogP contribution >= 0.6 is 22.9 Å². The molecule has 0 amide bonds. The van der Waals surface area contributed by atoms with Gasteiger partial charge in [-0.1, -0.05) is 23.7 Å². The van der Waals surface area contributed by atoms with E-state index < -0.39 is 10.0 Å². The average molecular weight is 382 g/mol. The molecule has 2 aromatic heterocycles. The molecule has 0 aliphatic heterocycles. The summed E-state index contributed by atoms with van der Waals surface area (Å²) in [6.07, 6.45) is 3.09. The van der Waals surface area contributed by atoms with Gasteiger partial charge in [-0.25, -0.2) is 8.42 Å². The Morgan fingerprint density at radius 1 is 1.17 bits per heavy atom. The predicted octanol–water partition coefficient (Wildman–Crippen LogP) is 4.69. The van der Waals surface area contributed by atoms with Crippen LogP contribution in [0.5, 0.6) is 0 Å². The van der Waals surface area contributed by atoms with Crippen LogP contribution in [0, 0.1) is 6.92 Å². The first-order chi connectivity index (χ1) is 11.5. The SMILES string of the molecule is Cc1c(Cl)cccc1S(=O)(=O)N(Cc1ccoc1)Cc1cccs1. The predicted molar refractivity (Wildman–Crippen MR) is 95.6 cm³/mol. The van der Waals surface area contributed by atoms with Crippen molar-refractivity contribution in [3.05, 3.63) is 75.3 Å². The zero-order chi connectivity index (χ0) is 17.2. The van der Waals surface area contributed by atoms with Crippen LogP contribution in [0.15, 0.2) is 63.6 Å². The van der Waals surface area contributed by atoms with Crippen molar-refractivity contribution >= 4 is 33.0 Å². The number of benzene rings is 1. The average Bonchev–Trinajstić information content (AvgIpc) is 3.23. The van der Waals surface area contributed by atoms with Crippen molar-refractivity contribution in [1.82, 2.24) is 4.31 Å². The van der Waals surface area contributed by atoms with E-state index >= 15 is 0 Å². The molecule has 0 aliphatic carbocycles. The number of hydrogen-bond acceptors (Lipinski definition) is 4. The van der Waals surface area contributed by atoms with E-state index in [-0.39, 0.29) is 11.4 Å². The van der Waals surface area contributed by atoms with Gasteiger partial charge in [0, 0.05) is 28.6 Å². The first kappa shape index (κ1) is 17.2. The second-order valence-corrected chi connectivity index (χ2v) is 8.69. The summed E-state index contributed by atoms with van der Waals surface area (Å²) < 4.78 is 32.9. The third-order valence-corrected chi connectivity index (χ3v) is 6.89. The molecule has 24 heavy (non-hydrogen) atoms. The molecule has 0 spiro atoms. The van der Waals surface area contributed by atoms with Gasteiger partial charge in [0.05, 0.1) is 17.4 Å². The zero-order valence-corrected chi connectivity index (χ0v) is 15.4. The molecule has 1 aromatic carbocycles. The summed E-state index contributed by atoms with van der Waals surface area (Å²) in [5, 5.41) is 2.37. The second-order valence-electron chi connectivity index (χ2n) is 5.35. The minimum absolute atomic E-state index is 0.232. The lowest BCUT2D eigenvalue weighted by Gasteiger charge is -2.22. The van der Waals surface area contributed by atoms with Gasteiger partial charge in [0.1, 0.15) is 0 Å². The van der Waals surface area contributed by atoms with Crippen molar-refractivity contribution in [3.63, 3.8) is 0 Å². The Bertz CT molecular complexity index is 867. The summed E-state index contributed by atoms with van der Waals surface area (Å²) in [5.41, 5.74) is 1.36. The maximum Gasteiger partial charge on any atom is 0.244 e. The molecular weight excluding hydrogens is 366 g/mol. The van der Waals surface area contributed by atoms with Crippen LogP contribution in [0.4, 0.5) is 0 Å². The Balaban J connectivity index is 2.01. The summed E-state index contributed by atoms with van der Waals surface area (Å²) in [5.74, 6) is 0. The molecule has 0 radical (unpaired) electrons. The fourth-order valence-electron chi connectivity index (χ4n) is 2.39.